The van der Waals surface area contributed by atoms with Crippen molar-refractivity contribution in [2.75, 3.05) is 11.9 Å². The minimum absolute atomic E-state index is 0.0807. The van der Waals surface area contributed by atoms with Crippen LogP contribution in [0.2, 0.25) is 0 Å². The molecule has 0 aliphatic carbocycles. The number of hydrogen-bond acceptors (Lipinski definition) is 3. The third-order valence-corrected chi connectivity index (χ3v) is 3.66. The highest BCUT2D eigenvalue weighted by Crippen LogP contribution is 2.33. The van der Waals surface area contributed by atoms with Crippen LogP contribution in [0, 0.1) is 0 Å². The first kappa shape index (κ1) is 17.8. The highest BCUT2D eigenvalue weighted by molar-refractivity contribution is 5.90. The molecule has 0 aliphatic rings. The van der Waals surface area contributed by atoms with E-state index in [1.54, 1.807) is 18.2 Å². The summed E-state index contributed by atoms with van der Waals surface area (Å²) in [7, 11) is 0. The number of anilines is 1. The Hall–Kier alpha value is -2.97. The van der Waals surface area contributed by atoms with Crippen LogP contribution in [0.4, 0.5) is 27.8 Å². The summed E-state index contributed by atoms with van der Waals surface area (Å²) >= 11 is 0. The lowest BCUT2D eigenvalue weighted by Crippen LogP contribution is -2.25. The van der Waals surface area contributed by atoms with Crippen molar-refractivity contribution < 1.29 is 22.0 Å². The Kier molecular flexibility index (Phi) is 4.62. The van der Waals surface area contributed by atoms with E-state index in [1.165, 1.54) is 12.1 Å². The maximum Gasteiger partial charge on any atom is 0.416 e. The molecule has 0 saturated carbocycles. The number of hydrogen-bond donors (Lipinski definition) is 1. The zero-order valence-electron chi connectivity index (χ0n) is 13.1. The molecule has 3 rings (SSSR count). The SMILES string of the molecule is O=c1nc(NCC(F)F)c2ccc(C(F)(F)F)cc2n1-c1ccccc1. The molecule has 0 fully saturated rings. The molecule has 0 bridgehead atoms. The summed E-state index contributed by atoms with van der Waals surface area (Å²) in [6.45, 7) is -0.780. The number of rotatable bonds is 4. The largest absolute Gasteiger partial charge is 0.416 e. The van der Waals surface area contributed by atoms with Crippen molar-refractivity contribution in [1.29, 1.82) is 0 Å². The van der Waals surface area contributed by atoms with Gasteiger partial charge in [0.15, 0.2) is 0 Å². The number of fused-ring (bicyclic) bond motifs is 1. The minimum Gasteiger partial charge on any atom is -0.364 e. The number of alkyl halides is 5. The molecule has 0 unspecified atom stereocenters. The topological polar surface area (TPSA) is 46.9 Å². The smallest absolute Gasteiger partial charge is 0.364 e. The normalized spacial score (nSPS) is 11.9. The van der Waals surface area contributed by atoms with E-state index < -0.39 is 30.4 Å². The zero-order chi connectivity index (χ0) is 18.9. The molecule has 0 spiro atoms. The van der Waals surface area contributed by atoms with Crippen molar-refractivity contribution >= 4 is 16.7 Å². The van der Waals surface area contributed by atoms with E-state index in [9.17, 15) is 26.7 Å². The van der Waals surface area contributed by atoms with Gasteiger partial charge in [0.2, 0.25) is 0 Å². The Labute approximate surface area is 143 Å². The molecule has 1 N–H and O–H groups in total. The van der Waals surface area contributed by atoms with Gasteiger partial charge in [-0.05, 0) is 30.3 Å². The van der Waals surface area contributed by atoms with Crippen LogP contribution in [0.25, 0.3) is 16.6 Å². The molecule has 9 heteroatoms. The number of nitrogens with one attached hydrogen (secondary N) is 1. The van der Waals surface area contributed by atoms with Gasteiger partial charge in [-0.2, -0.15) is 18.2 Å². The highest BCUT2D eigenvalue weighted by atomic mass is 19.4. The van der Waals surface area contributed by atoms with Crippen molar-refractivity contribution in [3.63, 3.8) is 0 Å². The van der Waals surface area contributed by atoms with E-state index >= 15 is 0 Å². The fraction of sp³-hybridized carbons (Fsp3) is 0.176. The van der Waals surface area contributed by atoms with E-state index in [-0.39, 0.29) is 16.7 Å². The lowest BCUT2D eigenvalue weighted by molar-refractivity contribution is -0.137. The van der Waals surface area contributed by atoms with Crippen molar-refractivity contribution in [2.24, 2.45) is 0 Å². The number of aromatic nitrogens is 2. The van der Waals surface area contributed by atoms with Crippen LogP contribution in [0.3, 0.4) is 0 Å². The van der Waals surface area contributed by atoms with Gasteiger partial charge in [0.1, 0.15) is 5.82 Å². The molecular weight excluding hydrogens is 357 g/mol. The monoisotopic (exact) mass is 369 g/mol. The predicted octanol–water partition coefficient (Wildman–Crippen LogP) is 4.08. The standard InChI is InChI=1S/C17H12F5N3O/c18-14(19)9-23-15-12-7-6-10(17(20,21)22)8-13(12)25(16(26)24-15)11-4-2-1-3-5-11/h1-8,14H,9H2,(H,23,24,26). The van der Waals surface area contributed by atoms with Gasteiger partial charge < -0.3 is 5.32 Å². The highest BCUT2D eigenvalue weighted by Gasteiger charge is 2.31. The first-order chi connectivity index (χ1) is 12.3. The fourth-order valence-electron chi connectivity index (χ4n) is 2.54. The van der Waals surface area contributed by atoms with Gasteiger partial charge in [-0.1, -0.05) is 18.2 Å². The summed E-state index contributed by atoms with van der Waals surface area (Å²) in [6, 6.07) is 10.7. The van der Waals surface area contributed by atoms with Crippen molar-refractivity contribution in [3.8, 4) is 5.69 Å². The minimum atomic E-state index is -4.62. The Morgan fingerprint density at radius 2 is 1.77 bits per heavy atom. The Morgan fingerprint density at radius 3 is 2.38 bits per heavy atom. The molecule has 0 aliphatic heterocycles. The molecule has 2 aromatic carbocycles. The Morgan fingerprint density at radius 1 is 1.08 bits per heavy atom. The summed E-state index contributed by atoms with van der Waals surface area (Å²) in [6.07, 6.45) is -7.33. The molecule has 0 amide bonds. The van der Waals surface area contributed by atoms with Gasteiger partial charge in [-0.15, -0.1) is 0 Å². The van der Waals surface area contributed by atoms with Crippen LogP contribution >= 0.6 is 0 Å². The third-order valence-electron chi connectivity index (χ3n) is 3.66. The van der Waals surface area contributed by atoms with E-state index in [4.69, 9.17) is 0 Å². The molecule has 4 nitrogen and oxygen atoms in total. The first-order valence-corrected chi connectivity index (χ1v) is 7.49. The second-order valence-electron chi connectivity index (χ2n) is 5.42. The van der Waals surface area contributed by atoms with E-state index in [1.807, 2.05) is 0 Å². The molecule has 3 aromatic rings. The van der Waals surface area contributed by atoms with Crippen molar-refractivity contribution in [1.82, 2.24) is 9.55 Å². The van der Waals surface area contributed by atoms with Crippen LogP contribution < -0.4 is 11.0 Å². The lowest BCUT2D eigenvalue weighted by atomic mass is 10.1. The van der Waals surface area contributed by atoms with Gasteiger partial charge in [-0.3, -0.25) is 4.57 Å². The van der Waals surface area contributed by atoms with Crippen molar-refractivity contribution in [2.45, 2.75) is 12.6 Å². The number of nitrogens with zero attached hydrogens (tertiary/aromatic N) is 2. The van der Waals surface area contributed by atoms with E-state index in [0.29, 0.717) is 5.69 Å². The van der Waals surface area contributed by atoms with Gasteiger partial charge >= 0.3 is 11.9 Å². The van der Waals surface area contributed by atoms with Gasteiger partial charge in [0.05, 0.1) is 23.3 Å². The third kappa shape index (κ3) is 3.51. The maximum atomic E-state index is 13.1. The van der Waals surface area contributed by atoms with Crippen molar-refractivity contribution in [3.05, 3.63) is 64.6 Å². The molecular formula is C17H12F5N3O. The maximum absolute atomic E-state index is 13.1. The molecule has 26 heavy (non-hydrogen) atoms. The second-order valence-corrected chi connectivity index (χ2v) is 5.42. The van der Waals surface area contributed by atoms with E-state index in [2.05, 4.69) is 10.3 Å². The summed E-state index contributed by atoms with van der Waals surface area (Å²) in [4.78, 5) is 16.1. The van der Waals surface area contributed by atoms with Crippen LogP contribution in [-0.2, 0) is 6.18 Å². The fourth-order valence-corrected chi connectivity index (χ4v) is 2.54. The quantitative estimate of drug-likeness (QED) is 0.705. The van der Waals surface area contributed by atoms with Gasteiger partial charge in [0.25, 0.3) is 6.43 Å². The van der Waals surface area contributed by atoms with Crippen LogP contribution in [0.5, 0.6) is 0 Å². The summed E-state index contributed by atoms with van der Waals surface area (Å²) in [5.74, 6) is -0.189. The van der Waals surface area contributed by atoms with Crippen LogP contribution in [0.1, 0.15) is 5.56 Å². The summed E-state index contributed by atoms with van der Waals surface area (Å²) in [5, 5.41) is 2.44. The molecule has 0 atom stereocenters. The molecule has 1 aromatic heterocycles. The molecule has 0 saturated heterocycles. The lowest BCUT2D eigenvalue weighted by Gasteiger charge is -2.15. The molecule has 1 heterocycles. The zero-order valence-corrected chi connectivity index (χ0v) is 13.1. The van der Waals surface area contributed by atoms with Gasteiger partial charge in [-0.25, -0.2) is 13.6 Å². The molecule has 0 radical (unpaired) electrons. The summed E-state index contributed by atoms with van der Waals surface area (Å²) in [5.41, 5.74) is -1.60. The summed E-state index contributed by atoms with van der Waals surface area (Å²) < 4.78 is 65.2. The predicted molar refractivity (Wildman–Crippen MR) is 86.8 cm³/mol. The molecule has 136 valence electrons. The van der Waals surface area contributed by atoms with Gasteiger partial charge in [0, 0.05) is 5.39 Å². The average molecular weight is 369 g/mol. The van der Waals surface area contributed by atoms with E-state index in [0.717, 1.165) is 22.8 Å². The van der Waals surface area contributed by atoms with Crippen LogP contribution in [-0.4, -0.2) is 22.5 Å². The number of para-hydroxylation sites is 1. The van der Waals surface area contributed by atoms with Crippen LogP contribution in [0.15, 0.2) is 53.3 Å². The Balaban J connectivity index is 2.30. The first-order valence-electron chi connectivity index (χ1n) is 7.49. The Bertz CT molecular complexity index is 983. The second kappa shape index (κ2) is 6.74. The number of halogens is 5. The number of benzene rings is 2. The average Bonchev–Trinajstić information content (AvgIpc) is 2.59.